The Kier molecular flexibility index (Phi) is 4.78. The number of carboxylic acids is 1. The second-order valence-corrected chi connectivity index (χ2v) is 3.41. The van der Waals surface area contributed by atoms with Gasteiger partial charge in [0.2, 0.25) is 0 Å². The van der Waals surface area contributed by atoms with Crippen LogP contribution in [0.4, 0.5) is 4.79 Å². The predicted molar refractivity (Wildman–Crippen MR) is 55.0 cm³/mol. The first kappa shape index (κ1) is 12.5. The lowest BCUT2D eigenvalue weighted by molar-refractivity contribution is -0.143. The van der Waals surface area contributed by atoms with Crippen LogP contribution in [0.1, 0.15) is 6.42 Å². The Labute approximate surface area is 93.2 Å². The zero-order valence-corrected chi connectivity index (χ0v) is 8.85. The van der Waals surface area contributed by atoms with Crippen molar-refractivity contribution in [2.24, 2.45) is 5.92 Å². The Morgan fingerprint density at radius 2 is 2.38 bits per heavy atom. The van der Waals surface area contributed by atoms with Gasteiger partial charge in [0.05, 0.1) is 12.0 Å². The second kappa shape index (κ2) is 6.12. The Balaban J connectivity index is 2.28. The third-order valence-electron chi connectivity index (χ3n) is 2.31. The van der Waals surface area contributed by atoms with Crippen molar-refractivity contribution < 1.29 is 24.2 Å². The molecule has 90 valence electrons. The molecule has 1 aliphatic heterocycles. The molecule has 1 aliphatic rings. The predicted octanol–water partition coefficient (Wildman–Crippen LogP) is 0.388. The molecule has 6 heteroatoms. The fraction of sp³-hybridized carbons (Fsp3) is 0.600. The van der Waals surface area contributed by atoms with Crippen molar-refractivity contribution in [1.82, 2.24) is 5.32 Å². The van der Waals surface area contributed by atoms with Gasteiger partial charge in [0.1, 0.15) is 6.61 Å². The fourth-order valence-electron chi connectivity index (χ4n) is 1.50. The molecule has 1 fully saturated rings. The zero-order valence-electron chi connectivity index (χ0n) is 8.85. The number of hydrogen-bond acceptors (Lipinski definition) is 4. The minimum Gasteiger partial charge on any atom is -0.481 e. The summed E-state index contributed by atoms with van der Waals surface area (Å²) < 4.78 is 9.89. The molecule has 1 heterocycles. The number of ether oxygens (including phenoxy) is 2. The van der Waals surface area contributed by atoms with Crippen molar-refractivity contribution >= 4 is 12.1 Å². The number of carboxylic acid groups (broad SMARTS) is 1. The molecule has 0 aromatic carbocycles. The van der Waals surface area contributed by atoms with Crippen LogP contribution >= 0.6 is 0 Å². The lowest BCUT2D eigenvalue weighted by Gasteiger charge is -2.15. The number of hydrogen-bond donors (Lipinski definition) is 2. The third-order valence-corrected chi connectivity index (χ3v) is 2.31. The first-order valence-corrected chi connectivity index (χ1v) is 5.01. The van der Waals surface area contributed by atoms with Crippen molar-refractivity contribution in [2.45, 2.75) is 12.5 Å². The molecule has 1 saturated heterocycles. The number of amides is 1. The van der Waals surface area contributed by atoms with Crippen molar-refractivity contribution in [3.8, 4) is 0 Å². The van der Waals surface area contributed by atoms with E-state index in [4.69, 9.17) is 9.84 Å². The quantitative estimate of drug-likeness (QED) is 0.666. The van der Waals surface area contributed by atoms with Gasteiger partial charge in [-0.3, -0.25) is 4.79 Å². The average molecular weight is 229 g/mol. The molecule has 6 nitrogen and oxygen atoms in total. The van der Waals surface area contributed by atoms with Crippen molar-refractivity contribution in [3.05, 3.63) is 12.7 Å². The Hall–Kier alpha value is -1.56. The van der Waals surface area contributed by atoms with E-state index in [1.54, 1.807) is 0 Å². The largest absolute Gasteiger partial charge is 0.481 e. The standard InChI is InChI=1S/C10H15NO5/c1-2-4-16-10(14)11-6-8-7(9(12)13)3-5-15-8/h2,7-8H,1,3-6H2,(H,11,14)(H,12,13). The summed E-state index contributed by atoms with van der Waals surface area (Å²) in [7, 11) is 0. The van der Waals surface area contributed by atoms with Gasteiger partial charge in [-0.25, -0.2) is 4.79 Å². The van der Waals surface area contributed by atoms with Gasteiger partial charge in [-0.2, -0.15) is 0 Å². The maximum Gasteiger partial charge on any atom is 0.407 e. The van der Waals surface area contributed by atoms with Gasteiger partial charge < -0.3 is 19.9 Å². The van der Waals surface area contributed by atoms with Crippen LogP contribution in [-0.2, 0) is 14.3 Å². The molecular formula is C10H15NO5. The smallest absolute Gasteiger partial charge is 0.407 e. The van der Waals surface area contributed by atoms with E-state index in [0.717, 1.165) is 0 Å². The molecule has 0 spiro atoms. The van der Waals surface area contributed by atoms with E-state index in [2.05, 4.69) is 16.6 Å². The monoisotopic (exact) mass is 229 g/mol. The molecule has 2 atom stereocenters. The second-order valence-electron chi connectivity index (χ2n) is 3.41. The first-order valence-electron chi connectivity index (χ1n) is 5.01. The summed E-state index contributed by atoms with van der Waals surface area (Å²) in [6.45, 7) is 4.08. The third kappa shape index (κ3) is 3.54. The van der Waals surface area contributed by atoms with Crippen LogP contribution in [0.2, 0.25) is 0 Å². The highest BCUT2D eigenvalue weighted by Gasteiger charge is 2.34. The molecule has 0 aromatic heterocycles. The number of carbonyl (C=O) groups excluding carboxylic acids is 1. The normalized spacial score (nSPS) is 23.8. The van der Waals surface area contributed by atoms with Crippen molar-refractivity contribution in [3.63, 3.8) is 0 Å². The molecular weight excluding hydrogens is 214 g/mol. The van der Waals surface area contributed by atoms with E-state index < -0.39 is 24.1 Å². The van der Waals surface area contributed by atoms with E-state index in [9.17, 15) is 9.59 Å². The highest BCUT2D eigenvalue weighted by Crippen LogP contribution is 2.20. The summed E-state index contributed by atoms with van der Waals surface area (Å²) >= 11 is 0. The van der Waals surface area contributed by atoms with Gasteiger partial charge in [0.25, 0.3) is 0 Å². The first-order chi connectivity index (χ1) is 7.65. The van der Waals surface area contributed by atoms with Crippen LogP contribution in [0.15, 0.2) is 12.7 Å². The maximum atomic E-state index is 11.1. The molecule has 16 heavy (non-hydrogen) atoms. The summed E-state index contributed by atoms with van der Waals surface area (Å²) in [6.07, 6.45) is 0.850. The van der Waals surface area contributed by atoms with E-state index in [-0.39, 0.29) is 13.2 Å². The summed E-state index contributed by atoms with van der Waals surface area (Å²) in [6, 6.07) is 0. The van der Waals surface area contributed by atoms with Crippen LogP contribution in [0, 0.1) is 5.92 Å². The summed E-state index contributed by atoms with van der Waals surface area (Å²) in [5, 5.41) is 11.3. The van der Waals surface area contributed by atoms with E-state index in [0.29, 0.717) is 13.0 Å². The topological polar surface area (TPSA) is 84.9 Å². The van der Waals surface area contributed by atoms with Gasteiger partial charge >= 0.3 is 12.1 Å². The summed E-state index contributed by atoms with van der Waals surface area (Å²) in [5.74, 6) is -1.46. The van der Waals surface area contributed by atoms with E-state index in [1.165, 1.54) is 6.08 Å². The van der Waals surface area contributed by atoms with Gasteiger partial charge in [-0.1, -0.05) is 12.7 Å². The van der Waals surface area contributed by atoms with Crippen molar-refractivity contribution in [1.29, 1.82) is 0 Å². The highest BCUT2D eigenvalue weighted by molar-refractivity contribution is 5.71. The van der Waals surface area contributed by atoms with Gasteiger partial charge in [0.15, 0.2) is 0 Å². The summed E-state index contributed by atoms with van der Waals surface area (Å²) in [5.41, 5.74) is 0. The van der Waals surface area contributed by atoms with Crippen LogP contribution in [-0.4, -0.2) is 43.0 Å². The Morgan fingerprint density at radius 3 is 3.00 bits per heavy atom. The van der Waals surface area contributed by atoms with Crippen LogP contribution in [0.25, 0.3) is 0 Å². The number of alkyl carbamates (subject to hydrolysis) is 1. The molecule has 0 aromatic rings. The zero-order chi connectivity index (χ0) is 12.0. The molecule has 0 saturated carbocycles. The molecule has 2 N–H and O–H groups in total. The molecule has 1 rings (SSSR count). The molecule has 1 amide bonds. The lowest BCUT2D eigenvalue weighted by Crippen LogP contribution is -2.37. The minimum absolute atomic E-state index is 0.125. The lowest BCUT2D eigenvalue weighted by atomic mass is 10.0. The van der Waals surface area contributed by atoms with Gasteiger partial charge in [-0.15, -0.1) is 0 Å². The molecule has 0 radical (unpaired) electrons. The summed E-state index contributed by atoms with van der Waals surface area (Å²) in [4.78, 5) is 21.8. The number of carbonyl (C=O) groups is 2. The van der Waals surface area contributed by atoms with E-state index in [1.807, 2.05) is 0 Å². The average Bonchev–Trinajstić information content (AvgIpc) is 2.71. The van der Waals surface area contributed by atoms with Crippen LogP contribution in [0.3, 0.4) is 0 Å². The van der Waals surface area contributed by atoms with Gasteiger partial charge in [0, 0.05) is 13.2 Å². The fourth-order valence-corrected chi connectivity index (χ4v) is 1.50. The number of rotatable bonds is 5. The maximum absolute atomic E-state index is 11.1. The van der Waals surface area contributed by atoms with Crippen molar-refractivity contribution in [2.75, 3.05) is 19.8 Å². The van der Waals surface area contributed by atoms with Crippen LogP contribution < -0.4 is 5.32 Å². The SMILES string of the molecule is C=CCOC(=O)NCC1OCCC1C(=O)O. The van der Waals surface area contributed by atoms with E-state index >= 15 is 0 Å². The Morgan fingerprint density at radius 1 is 1.62 bits per heavy atom. The molecule has 0 aliphatic carbocycles. The number of nitrogens with one attached hydrogen (secondary N) is 1. The Bertz CT molecular complexity index is 278. The van der Waals surface area contributed by atoms with Gasteiger partial charge in [-0.05, 0) is 6.42 Å². The molecule has 2 unspecified atom stereocenters. The van der Waals surface area contributed by atoms with Crippen LogP contribution in [0.5, 0.6) is 0 Å². The minimum atomic E-state index is -0.899. The highest BCUT2D eigenvalue weighted by atomic mass is 16.5. The number of aliphatic carboxylic acids is 1. The molecule has 0 bridgehead atoms.